The van der Waals surface area contributed by atoms with Crippen molar-refractivity contribution in [3.8, 4) is 5.75 Å². The van der Waals surface area contributed by atoms with Gasteiger partial charge in [0.1, 0.15) is 5.75 Å². The minimum atomic E-state index is 0.475. The number of aryl methyl sites for hydroxylation is 1. The highest BCUT2D eigenvalue weighted by Gasteiger charge is 2.00. The van der Waals surface area contributed by atoms with E-state index in [9.17, 15) is 0 Å². The molecule has 0 saturated heterocycles. The summed E-state index contributed by atoms with van der Waals surface area (Å²) in [5.41, 5.74) is 2.01. The molecule has 0 spiro atoms. The molecule has 0 saturated carbocycles. The number of nitrogens with zero attached hydrogens (tertiary/aromatic N) is 1. The number of hydrogen-bond donors (Lipinski definition) is 1. The van der Waals surface area contributed by atoms with E-state index in [1.54, 1.807) is 7.11 Å². The third kappa shape index (κ3) is 3.34. The smallest absolute Gasteiger partial charge is 0.122 e. The second-order valence-electron chi connectivity index (χ2n) is 3.68. The molecule has 1 rings (SSSR count). The molecule has 14 heavy (non-hydrogen) atoms. The van der Waals surface area contributed by atoms with Gasteiger partial charge in [0.05, 0.1) is 12.8 Å². The summed E-state index contributed by atoms with van der Waals surface area (Å²) in [6, 6.07) is 4.37. The van der Waals surface area contributed by atoms with Crippen LogP contribution in [0, 0.1) is 6.92 Å². The van der Waals surface area contributed by atoms with Crippen LogP contribution in [-0.4, -0.2) is 18.1 Å². The lowest BCUT2D eigenvalue weighted by atomic mass is 10.2. The predicted molar refractivity (Wildman–Crippen MR) is 57.5 cm³/mol. The predicted octanol–water partition coefficient (Wildman–Crippen LogP) is 1.90. The quantitative estimate of drug-likeness (QED) is 0.795. The molecule has 0 aliphatic carbocycles. The fraction of sp³-hybridized carbons (Fsp3) is 0.545. The summed E-state index contributed by atoms with van der Waals surface area (Å²) in [5.74, 6) is 0.873. The molecular weight excluding hydrogens is 176 g/mol. The van der Waals surface area contributed by atoms with E-state index in [1.165, 1.54) is 0 Å². The van der Waals surface area contributed by atoms with Crippen LogP contribution >= 0.6 is 0 Å². The first-order valence-electron chi connectivity index (χ1n) is 4.86. The third-order valence-electron chi connectivity index (χ3n) is 1.91. The maximum absolute atomic E-state index is 5.17. The molecule has 0 fully saturated rings. The van der Waals surface area contributed by atoms with Crippen molar-refractivity contribution >= 4 is 0 Å². The van der Waals surface area contributed by atoms with Gasteiger partial charge in [-0.3, -0.25) is 4.98 Å². The maximum Gasteiger partial charge on any atom is 0.122 e. The standard InChI is InChI=1S/C11H18N2O/c1-8(2)12-7-10-6-11(14-4)5-9(3)13-10/h5-6,8,12H,7H2,1-4H3. The van der Waals surface area contributed by atoms with Crippen LogP contribution < -0.4 is 10.1 Å². The van der Waals surface area contributed by atoms with Crippen LogP contribution in [0.4, 0.5) is 0 Å². The Kier molecular flexibility index (Phi) is 3.89. The van der Waals surface area contributed by atoms with E-state index < -0.39 is 0 Å². The first-order chi connectivity index (χ1) is 6.61. The topological polar surface area (TPSA) is 34.1 Å². The highest BCUT2D eigenvalue weighted by molar-refractivity contribution is 5.26. The molecule has 0 atom stereocenters. The Morgan fingerprint density at radius 1 is 1.43 bits per heavy atom. The molecule has 1 aromatic heterocycles. The Labute approximate surface area is 85.5 Å². The molecule has 0 aliphatic rings. The van der Waals surface area contributed by atoms with Gasteiger partial charge in [-0.15, -0.1) is 0 Å². The summed E-state index contributed by atoms with van der Waals surface area (Å²) in [4.78, 5) is 4.41. The van der Waals surface area contributed by atoms with Crippen LogP contribution in [0.25, 0.3) is 0 Å². The first-order valence-corrected chi connectivity index (χ1v) is 4.86. The van der Waals surface area contributed by atoms with E-state index in [4.69, 9.17) is 4.74 Å². The summed E-state index contributed by atoms with van der Waals surface area (Å²) in [6.07, 6.45) is 0. The molecular formula is C11H18N2O. The van der Waals surface area contributed by atoms with Crippen molar-refractivity contribution in [2.24, 2.45) is 0 Å². The molecule has 0 aliphatic heterocycles. The first kappa shape index (κ1) is 11.0. The van der Waals surface area contributed by atoms with Crippen LogP contribution in [0.15, 0.2) is 12.1 Å². The lowest BCUT2D eigenvalue weighted by Crippen LogP contribution is -2.22. The summed E-state index contributed by atoms with van der Waals surface area (Å²) in [7, 11) is 1.68. The van der Waals surface area contributed by atoms with E-state index in [1.807, 2.05) is 19.1 Å². The summed E-state index contributed by atoms with van der Waals surface area (Å²) in [5, 5.41) is 3.32. The van der Waals surface area contributed by atoms with Gasteiger partial charge in [-0.25, -0.2) is 0 Å². The van der Waals surface area contributed by atoms with Crippen molar-refractivity contribution < 1.29 is 4.74 Å². The largest absolute Gasteiger partial charge is 0.497 e. The van der Waals surface area contributed by atoms with E-state index >= 15 is 0 Å². The van der Waals surface area contributed by atoms with Gasteiger partial charge < -0.3 is 10.1 Å². The van der Waals surface area contributed by atoms with Gasteiger partial charge in [0.15, 0.2) is 0 Å². The Bertz CT molecular complexity index is 297. The van der Waals surface area contributed by atoms with Crippen molar-refractivity contribution in [3.63, 3.8) is 0 Å². The van der Waals surface area contributed by atoms with E-state index in [0.717, 1.165) is 23.7 Å². The summed E-state index contributed by atoms with van der Waals surface area (Å²) in [6.45, 7) is 7.00. The minimum absolute atomic E-state index is 0.475. The second-order valence-corrected chi connectivity index (χ2v) is 3.68. The molecule has 1 aromatic rings. The van der Waals surface area contributed by atoms with Crippen molar-refractivity contribution in [3.05, 3.63) is 23.5 Å². The zero-order valence-corrected chi connectivity index (χ0v) is 9.29. The number of hydrogen-bond acceptors (Lipinski definition) is 3. The fourth-order valence-corrected chi connectivity index (χ4v) is 1.22. The van der Waals surface area contributed by atoms with Crippen molar-refractivity contribution in [2.75, 3.05) is 7.11 Å². The normalized spacial score (nSPS) is 10.6. The van der Waals surface area contributed by atoms with Gasteiger partial charge >= 0.3 is 0 Å². The number of rotatable bonds is 4. The minimum Gasteiger partial charge on any atom is -0.497 e. The molecule has 0 bridgehead atoms. The molecule has 0 radical (unpaired) electrons. The molecule has 3 nitrogen and oxygen atoms in total. The summed E-state index contributed by atoms with van der Waals surface area (Å²) < 4.78 is 5.17. The SMILES string of the molecule is COc1cc(C)nc(CNC(C)C)c1. The van der Waals surface area contributed by atoms with Crippen LogP contribution in [0.5, 0.6) is 5.75 Å². The zero-order chi connectivity index (χ0) is 10.6. The van der Waals surface area contributed by atoms with Gasteiger partial charge in [0, 0.05) is 30.4 Å². The van der Waals surface area contributed by atoms with Crippen LogP contribution in [0.1, 0.15) is 25.2 Å². The van der Waals surface area contributed by atoms with E-state index in [-0.39, 0.29) is 0 Å². The fourth-order valence-electron chi connectivity index (χ4n) is 1.22. The molecule has 1 N–H and O–H groups in total. The lowest BCUT2D eigenvalue weighted by Gasteiger charge is -2.09. The molecule has 78 valence electrons. The highest BCUT2D eigenvalue weighted by atomic mass is 16.5. The van der Waals surface area contributed by atoms with Gasteiger partial charge in [-0.2, -0.15) is 0 Å². The van der Waals surface area contributed by atoms with Crippen LogP contribution in [0.3, 0.4) is 0 Å². The van der Waals surface area contributed by atoms with Crippen LogP contribution in [-0.2, 0) is 6.54 Å². The highest BCUT2D eigenvalue weighted by Crippen LogP contribution is 2.12. The second kappa shape index (κ2) is 4.96. The Hall–Kier alpha value is -1.09. The Morgan fingerprint density at radius 2 is 2.14 bits per heavy atom. The van der Waals surface area contributed by atoms with Gasteiger partial charge in [0.25, 0.3) is 0 Å². The van der Waals surface area contributed by atoms with Crippen LogP contribution in [0.2, 0.25) is 0 Å². The maximum atomic E-state index is 5.17. The monoisotopic (exact) mass is 194 g/mol. The van der Waals surface area contributed by atoms with E-state index in [2.05, 4.69) is 24.1 Å². The number of aromatic nitrogens is 1. The van der Waals surface area contributed by atoms with Gasteiger partial charge in [0.2, 0.25) is 0 Å². The van der Waals surface area contributed by atoms with Crippen molar-refractivity contribution in [2.45, 2.75) is 33.4 Å². The van der Waals surface area contributed by atoms with Gasteiger partial charge in [-0.1, -0.05) is 13.8 Å². The number of methoxy groups -OCH3 is 1. The molecule has 0 aromatic carbocycles. The Morgan fingerprint density at radius 3 is 2.71 bits per heavy atom. The molecule has 0 unspecified atom stereocenters. The average molecular weight is 194 g/mol. The lowest BCUT2D eigenvalue weighted by molar-refractivity contribution is 0.412. The average Bonchev–Trinajstić information content (AvgIpc) is 2.14. The van der Waals surface area contributed by atoms with Crippen molar-refractivity contribution in [1.82, 2.24) is 10.3 Å². The van der Waals surface area contributed by atoms with Gasteiger partial charge in [-0.05, 0) is 6.92 Å². The Balaban J connectivity index is 2.71. The summed E-state index contributed by atoms with van der Waals surface area (Å²) >= 11 is 0. The number of nitrogens with one attached hydrogen (secondary N) is 1. The molecule has 1 heterocycles. The molecule has 3 heteroatoms. The zero-order valence-electron chi connectivity index (χ0n) is 9.29. The van der Waals surface area contributed by atoms with Crippen molar-refractivity contribution in [1.29, 1.82) is 0 Å². The van der Waals surface area contributed by atoms with E-state index in [0.29, 0.717) is 6.04 Å². The third-order valence-corrected chi connectivity index (χ3v) is 1.91. The number of pyridine rings is 1. The number of ether oxygens (including phenoxy) is 1. The molecule has 0 amide bonds.